The molecule has 0 spiro atoms. The first kappa shape index (κ1) is 25.5. The first-order valence-corrected chi connectivity index (χ1v) is 12.8. The molecular formula is C26H29Cl2FN4O2. The summed E-state index contributed by atoms with van der Waals surface area (Å²) in [5.41, 5.74) is 0.806. The summed E-state index contributed by atoms with van der Waals surface area (Å²) in [5, 5.41) is 6.57. The minimum Gasteiger partial charge on any atom is -0.343 e. The summed E-state index contributed by atoms with van der Waals surface area (Å²) in [6.45, 7) is 1.76. The molecule has 0 unspecified atom stereocenters. The molecule has 1 heterocycles. The number of guanidine groups is 1. The molecule has 2 N–H and O–H groups in total. The molecule has 1 saturated heterocycles. The Morgan fingerprint density at radius 2 is 1.66 bits per heavy atom. The maximum atomic E-state index is 13.9. The van der Waals surface area contributed by atoms with Gasteiger partial charge < -0.3 is 10.2 Å². The third kappa shape index (κ3) is 7.42. The molecule has 0 atom stereocenters. The van der Waals surface area contributed by atoms with E-state index in [0.29, 0.717) is 28.6 Å². The van der Waals surface area contributed by atoms with Gasteiger partial charge in [-0.25, -0.2) is 9.38 Å². The molecule has 0 radical (unpaired) electrons. The Hall–Kier alpha value is -2.64. The Labute approximate surface area is 214 Å². The van der Waals surface area contributed by atoms with Gasteiger partial charge in [0.15, 0.2) is 0 Å². The van der Waals surface area contributed by atoms with Gasteiger partial charge in [-0.1, -0.05) is 23.2 Å². The number of rotatable bonds is 5. The average molecular weight is 519 g/mol. The molecule has 2 fully saturated rings. The highest BCUT2D eigenvalue weighted by atomic mass is 35.5. The lowest BCUT2D eigenvalue weighted by atomic mass is 9.84. The largest absolute Gasteiger partial charge is 0.343 e. The fraction of sp³-hybridized carbons (Fsp3) is 0.423. The molecule has 1 aliphatic carbocycles. The Balaban J connectivity index is 1.42. The van der Waals surface area contributed by atoms with Crippen molar-refractivity contribution in [2.45, 2.75) is 51.0 Å². The summed E-state index contributed by atoms with van der Waals surface area (Å²) in [6.07, 6.45) is 6.21. The molecule has 0 bridgehead atoms. The Kier molecular flexibility index (Phi) is 8.63. The Morgan fingerprint density at radius 1 is 0.971 bits per heavy atom. The lowest BCUT2D eigenvalue weighted by molar-refractivity contribution is -0.131. The maximum Gasteiger partial charge on any atom is 0.257 e. The number of nitrogens with zero attached hydrogens (tertiary/aromatic N) is 2. The second kappa shape index (κ2) is 11.9. The number of halogens is 3. The zero-order valence-corrected chi connectivity index (χ0v) is 20.9. The molecule has 0 aromatic heterocycles. The molecule has 2 aliphatic rings. The number of nitrogens with one attached hydrogen (secondary N) is 2. The molecule has 9 heteroatoms. The molecule has 35 heavy (non-hydrogen) atoms. The highest BCUT2D eigenvalue weighted by Gasteiger charge is 2.26. The maximum absolute atomic E-state index is 13.9. The van der Waals surface area contributed by atoms with Gasteiger partial charge in [0.1, 0.15) is 5.82 Å². The summed E-state index contributed by atoms with van der Waals surface area (Å²) in [5.74, 6) is -0.0123. The van der Waals surface area contributed by atoms with Crippen LogP contribution in [0.1, 0.15) is 55.3 Å². The molecular weight excluding hydrogens is 490 g/mol. The minimum absolute atomic E-state index is 0.0230. The van der Waals surface area contributed by atoms with Crippen LogP contribution in [-0.4, -0.2) is 41.8 Å². The number of amides is 2. The van der Waals surface area contributed by atoms with E-state index in [0.717, 1.165) is 51.6 Å². The van der Waals surface area contributed by atoms with Crippen molar-refractivity contribution in [2.75, 3.05) is 18.4 Å². The number of hydrogen-bond acceptors (Lipinski definition) is 3. The van der Waals surface area contributed by atoms with Crippen LogP contribution in [0.3, 0.4) is 0 Å². The van der Waals surface area contributed by atoms with Crippen LogP contribution in [0.5, 0.6) is 0 Å². The number of benzene rings is 2. The van der Waals surface area contributed by atoms with E-state index < -0.39 is 5.82 Å². The number of carbonyl (C=O) groups is 2. The van der Waals surface area contributed by atoms with Crippen LogP contribution in [-0.2, 0) is 4.79 Å². The third-order valence-corrected chi connectivity index (χ3v) is 6.98. The first-order valence-electron chi connectivity index (χ1n) is 12.0. The van der Waals surface area contributed by atoms with Crippen molar-refractivity contribution >= 4 is 46.7 Å². The summed E-state index contributed by atoms with van der Waals surface area (Å²) < 4.78 is 13.9. The van der Waals surface area contributed by atoms with Gasteiger partial charge in [-0.15, -0.1) is 0 Å². The Bertz CT molecular complexity index is 1060. The minimum atomic E-state index is -0.494. The molecule has 186 valence electrons. The van der Waals surface area contributed by atoms with Gasteiger partial charge in [-0.3, -0.25) is 14.9 Å². The van der Waals surface area contributed by atoms with E-state index in [2.05, 4.69) is 10.6 Å². The molecule has 2 aromatic carbocycles. The van der Waals surface area contributed by atoms with Crippen molar-refractivity contribution in [1.82, 2.24) is 10.2 Å². The zero-order valence-electron chi connectivity index (χ0n) is 19.4. The third-order valence-electron chi connectivity index (χ3n) is 6.51. The van der Waals surface area contributed by atoms with Crippen molar-refractivity contribution < 1.29 is 14.0 Å². The number of likely N-dealkylation sites (tertiary alicyclic amines) is 1. The fourth-order valence-corrected chi connectivity index (χ4v) is 4.99. The normalized spacial score (nSPS) is 20.5. The van der Waals surface area contributed by atoms with Gasteiger partial charge in [0.05, 0.1) is 6.04 Å². The van der Waals surface area contributed by atoms with Crippen LogP contribution in [0.2, 0.25) is 10.0 Å². The Morgan fingerprint density at radius 3 is 2.31 bits per heavy atom. The quantitative estimate of drug-likeness (QED) is 0.382. The number of carbonyl (C=O) groups excluding carboxylic acids is 2. The van der Waals surface area contributed by atoms with E-state index in [1.807, 2.05) is 4.90 Å². The predicted molar refractivity (Wildman–Crippen MR) is 138 cm³/mol. The lowest BCUT2D eigenvalue weighted by Gasteiger charge is -2.28. The smallest absolute Gasteiger partial charge is 0.257 e. The van der Waals surface area contributed by atoms with E-state index in [9.17, 15) is 14.0 Å². The second-order valence-corrected chi connectivity index (χ2v) is 10.1. The fourth-order valence-electron chi connectivity index (χ4n) is 4.64. The van der Waals surface area contributed by atoms with Crippen molar-refractivity contribution in [3.8, 4) is 0 Å². The van der Waals surface area contributed by atoms with E-state index in [1.165, 1.54) is 12.1 Å². The van der Waals surface area contributed by atoms with Gasteiger partial charge in [0, 0.05) is 40.8 Å². The van der Waals surface area contributed by atoms with Crippen LogP contribution in [0.25, 0.3) is 0 Å². The highest BCUT2D eigenvalue weighted by molar-refractivity contribution is 6.31. The molecule has 4 rings (SSSR count). The zero-order chi connectivity index (χ0) is 24.8. The highest BCUT2D eigenvalue weighted by Crippen LogP contribution is 2.30. The summed E-state index contributed by atoms with van der Waals surface area (Å²) >= 11 is 11.9. The van der Waals surface area contributed by atoms with Gasteiger partial charge in [-0.05, 0) is 86.9 Å². The summed E-state index contributed by atoms with van der Waals surface area (Å²) in [6, 6.07) is 10.6. The topological polar surface area (TPSA) is 73.8 Å². The molecule has 2 amide bonds. The van der Waals surface area contributed by atoms with Crippen molar-refractivity contribution in [1.29, 1.82) is 0 Å². The lowest BCUT2D eigenvalue weighted by Crippen LogP contribution is -2.37. The van der Waals surface area contributed by atoms with E-state index in [-0.39, 0.29) is 28.8 Å². The number of hydrogen-bond donors (Lipinski definition) is 2. The van der Waals surface area contributed by atoms with E-state index >= 15 is 0 Å². The van der Waals surface area contributed by atoms with Crippen LogP contribution in [0, 0.1) is 11.7 Å². The van der Waals surface area contributed by atoms with Crippen LogP contribution in [0.15, 0.2) is 47.5 Å². The van der Waals surface area contributed by atoms with Gasteiger partial charge in [0.2, 0.25) is 11.9 Å². The average Bonchev–Trinajstić information content (AvgIpc) is 3.35. The molecule has 6 nitrogen and oxygen atoms in total. The van der Waals surface area contributed by atoms with Gasteiger partial charge >= 0.3 is 0 Å². The SMILES string of the molecule is O=C(NC(=NC1CCC(CC(=O)N2CCCC2)CC1)Nc1cc(F)cc(Cl)c1)c1ccc(Cl)cc1. The number of anilines is 1. The summed E-state index contributed by atoms with van der Waals surface area (Å²) in [7, 11) is 0. The van der Waals surface area contributed by atoms with E-state index in [4.69, 9.17) is 28.2 Å². The predicted octanol–water partition coefficient (Wildman–Crippen LogP) is 5.90. The second-order valence-electron chi connectivity index (χ2n) is 9.19. The van der Waals surface area contributed by atoms with Crippen molar-refractivity contribution in [2.24, 2.45) is 10.9 Å². The van der Waals surface area contributed by atoms with Crippen molar-refractivity contribution in [3.05, 3.63) is 63.9 Å². The molecule has 1 saturated carbocycles. The summed E-state index contributed by atoms with van der Waals surface area (Å²) in [4.78, 5) is 32.0. The van der Waals surface area contributed by atoms with Crippen molar-refractivity contribution in [3.63, 3.8) is 0 Å². The van der Waals surface area contributed by atoms with E-state index in [1.54, 1.807) is 30.3 Å². The first-order chi connectivity index (χ1) is 16.9. The van der Waals surface area contributed by atoms with Crippen LogP contribution < -0.4 is 10.6 Å². The van der Waals surface area contributed by atoms with Gasteiger partial charge in [-0.2, -0.15) is 0 Å². The monoisotopic (exact) mass is 518 g/mol. The van der Waals surface area contributed by atoms with Gasteiger partial charge in [0.25, 0.3) is 5.91 Å². The molecule has 1 aliphatic heterocycles. The number of aliphatic imine (C=N–C) groups is 1. The standard InChI is InChI=1S/C26H29Cl2FN4O2/c27-19-7-5-18(6-8-19)25(35)32-26(31-23-15-20(28)14-21(29)16-23)30-22-9-3-17(4-10-22)13-24(34)33-11-1-2-12-33/h5-8,14-17,22H,1-4,9-13H2,(H2,30,31,32,35). The molecule has 2 aromatic rings. The van der Waals surface area contributed by atoms with Crippen LogP contribution in [0.4, 0.5) is 10.1 Å². The van der Waals surface area contributed by atoms with Crippen LogP contribution >= 0.6 is 23.2 Å².